The van der Waals surface area contributed by atoms with Gasteiger partial charge < -0.3 is 24.1 Å². The summed E-state index contributed by atoms with van der Waals surface area (Å²) in [6.45, 7) is 1.70. The van der Waals surface area contributed by atoms with Crippen LogP contribution in [0.5, 0.6) is 17.2 Å². The third-order valence-corrected chi connectivity index (χ3v) is 3.07. The minimum atomic E-state index is -1.00. The summed E-state index contributed by atoms with van der Waals surface area (Å²) in [6.07, 6.45) is -1.00. The smallest absolute Gasteiger partial charge is 0.311 e. The van der Waals surface area contributed by atoms with Crippen LogP contribution in [0.2, 0.25) is 0 Å². The Balaban J connectivity index is 2.32. The molecule has 0 amide bonds. The fourth-order valence-electron chi connectivity index (χ4n) is 1.92. The molecule has 6 heteroatoms. The normalized spacial score (nSPS) is 15.8. The molecule has 1 aliphatic rings. The Morgan fingerprint density at radius 3 is 2.74 bits per heavy atom. The zero-order valence-corrected chi connectivity index (χ0v) is 11.0. The van der Waals surface area contributed by atoms with Crippen molar-refractivity contribution < 1.29 is 28.8 Å². The van der Waals surface area contributed by atoms with Crippen LogP contribution in [0, 0.1) is 5.92 Å². The van der Waals surface area contributed by atoms with Crippen LogP contribution in [-0.4, -0.2) is 32.1 Å². The van der Waals surface area contributed by atoms with E-state index in [1.807, 2.05) is 0 Å². The quantitative estimate of drug-likeness (QED) is 0.829. The van der Waals surface area contributed by atoms with E-state index in [0.717, 1.165) is 0 Å². The maximum Gasteiger partial charge on any atom is 0.311 e. The van der Waals surface area contributed by atoms with Gasteiger partial charge >= 0.3 is 5.97 Å². The molecule has 0 aliphatic carbocycles. The van der Waals surface area contributed by atoms with Crippen molar-refractivity contribution in [3.8, 4) is 17.2 Å². The fourth-order valence-corrected chi connectivity index (χ4v) is 1.92. The van der Waals surface area contributed by atoms with Crippen molar-refractivity contribution in [3.05, 3.63) is 17.7 Å². The van der Waals surface area contributed by atoms with Gasteiger partial charge in [0, 0.05) is 0 Å². The molecule has 2 unspecified atom stereocenters. The first-order valence-corrected chi connectivity index (χ1v) is 5.82. The van der Waals surface area contributed by atoms with Gasteiger partial charge in [0.25, 0.3) is 0 Å². The molecule has 19 heavy (non-hydrogen) atoms. The second kappa shape index (κ2) is 5.36. The molecule has 0 radical (unpaired) electrons. The van der Waals surface area contributed by atoms with Crippen molar-refractivity contribution >= 4 is 5.97 Å². The molecule has 104 valence electrons. The van der Waals surface area contributed by atoms with E-state index in [2.05, 4.69) is 4.74 Å². The third kappa shape index (κ3) is 2.44. The second-order valence-electron chi connectivity index (χ2n) is 4.21. The number of rotatable bonds is 4. The van der Waals surface area contributed by atoms with Crippen LogP contribution in [0.4, 0.5) is 0 Å². The van der Waals surface area contributed by atoms with Gasteiger partial charge in [-0.25, -0.2) is 0 Å². The Hall–Kier alpha value is -1.95. The highest BCUT2D eigenvalue weighted by atomic mass is 16.7. The number of ether oxygens (including phenoxy) is 4. The van der Waals surface area contributed by atoms with E-state index in [1.165, 1.54) is 14.2 Å². The van der Waals surface area contributed by atoms with Crippen molar-refractivity contribution in [2.24, 2.45) is 5.92 Å². The van der Waals surface area contributed by atoms with Crippen LogP contribution >= 0.6 is 0 Å². The summed E-state index contributed by atoms with van der Waals surface area (Å²) >= 11 is 0. The number of methoxy groups -OCH3 is 2. The van der Waals surface area contributed by atoms with Crippen molar-refractivity contribution in [1.29, 1.82) is 0 Å². The lowest BCUT2D eigenvalue weighted by molar-refractivity contribution is -0.148. The third-order valence-electron chi connectivity index (χ3n) is 3.07. The Morgan fingerprint density at radius 1 is 1.37 bits per heavy atom. The molecule has 0 aromatic heterocycles. The standard InChI is InChI=1S/C13H16O6/c1-7(13(15)17-3)11(14)8-4-9(16-2)12-10(5-8)18-6-19-12/h4-5,7,11,14H,6H2,1-3H3. The Morgan fingerprint density at radius 2 is 2.11 bits per heavy atom. The summed E-state index contributed by atoms with van der Waals surface area (Å²) in [5.41, 5.74) is 0.513. The molecule has 0 bridgehead atoms. The van der Waals surface area contributed by atoms with E-state index in [9.17, 15) is 9.90 Å². The predicted octanol–water partition coefficient (Wildman–Crippen LogP) is 1.27. The SMILES string of the molecule is COC(=O)C(C)C(O)c1cc(OC)c2c(c1)OCO2. The molecule has 1 aromatic carbocycles. The zero-order valence-electron chi connectivity index (χ0n) is 11.0. The van der Waals surface area contributed by atoms with Gasteiger partial charge in [0.2, 0.25) is 12.5 Å². The summed E-state index contributed by atoms with van der Waals surface area (Å²) in [6, 6.07) is 3.26. The number of aliphatic hydroxyl groups excluding tert-OH is 1. The number of carbonyl (C=O) groups excluding carboxylic acids is 1. The monoisotopic (exact) mass is 268 g/mol. The van der Waals surface area contributed by atoms with Gasteiger partial charge in [0.15, 0.2) is 11.5 Å². The lowest BCUT2D eigenvalue weighted by Gasteiger charge is -2.18. The summed E-state index contributed by atoms with van der Waals surface area (Å²) < 4.78 is 20.3. The van der Waals surface area contributed by atoms with Crippen molar-refractivity contribution in [2.75, 3.05) is 21.0 Å². The lowest BCUT2D eigenvalue weighted by Crippen LogP contribution is -2.20. The highest BCUT2D eigenvalue weighted by molar-refractivity contribution is 5.73. The van der Waals surface area contributed by atoms with E-state index in [0.29, 0.717) is 22.8 Å². The van der Waals surface area contributed by atoms with Gasteiger partial charge in [-0.05, 0) is 24.6 Å². The van der Waals surface area contributed by atoms with Crippen LogP contribution in [-0.2, 0) is 9.53 Å². The molecule has 0 saturated heterocycles. The van der Waals surface area contributed by atoms with Crippen molar-refractivity contribution in [1.82, 2.24) is 0 Å². The molecule has 0 saturated carbocycles. The minimum absolute atomic E-state index is 0.109. The van der Waals surface area contributed by atoms with E-state index in [1.54, 1.807) is 19.1 Å². The fraction of sp³-hybridized carbons (Fsp3) is 0.462. The summed E-state index contributed by atoms with van der Waals surface area (Å²) in [7, 11) is 2.78. The Kier molecular flexibility index (Phi) is 3.80. The molecule has 2 rings (SSSR count). The molecule has 6 nitrogen and oxygen atoms in total. The maximum absolute atomic E-state index is 11.4. The van der Waals surface area contributed by atoms with E-state index in [-0.39, 0.29) is 6.79 Å². The number of fused-ring (bicyclic) bond motifs is 1. The molecular formula is C13H16O6. The summed E-state index contributed by atoms with van der Waals surface area (Å²) in [5, 5.41) is 10.2. The Labute approximate surface area is 110 Å². The molecule has 1 N–H and O–H groups in total. The molecule has 1 aromatic rings. The topological polar surface area (TPSA) is 74.2 Å². The number of hydrogen-bond acceptors (Lipinski definition) is 6. The molecular weight excluding hydrogens is 252 g/mol. The number of esters is 1. The average Bonchev–Trinajstić information content (AvgIpc) is 2.91. The average molecular weight is 268 g/mol. The molecule has 1 aliphatic heterocycles. The minimum Gasteiger partial charge on any atom is -0.493 e. The molecule has 2 atom stereocenters. The summed E-state index contributed by atoms with van der Waals surface area (Å²) in [5.74, 6) is 0.287. The number of hydrogen-bond donors (Lipinski definition) is 1. The van der Waals surface area contributed by atoms with Crippen molar-refractivity contribution in [3.63, 3.8) is 0 Å². The van der Waals surface area contributed by atoms with Crippen LogP contribution in [0.3, 0.4) is 0 Å². The summed E-state index contributed by atoms with van der Waals surface area (Å²) in [4.78, 5) is 11.4. The van der Waals surface area contributed by atoms with Gasteiger partial charge in [-0.2, -0.15) is 0 Å². The van der Waals surface area contributed by atoms with Crippen LogP contribution < -0.4 is 14.2 Å². The van der Waals surface area contributed by atoms with Crippen molar-refractivity contribution in [2.45, 2.75) is 13.0 Å². The van der Waals surface area contributed by atoms with Crippen LogP contribution in [0.25, 0.3) is 0 Å². The predicted molar refractivity (Wildman–Crippen MR) is 65.3 cm³/mol. The number of carbonyl (C=O) groups is 1. The lowest BCUT2D eigenvalue weighted by atomic mass is 9.97. The highest BCUT2D eigenvalue weighted by Crippen LogP contribution is 2.43. The van der Waals surface area contributed by atoms with Crippen LogP contribution in [0.1, 0.15) is 18.6 Å². The molecule has 0 fully saturated rings. The van der Waals surface area contributed by atoms with Gasteiger partial charge in [-0.1, -0.05) is 0 Å². The molecule has 0 spiro atoms. The van der Waals surface area contributed by atoms with Gasteiger partial charge in [0.05, 0.1) is 26.2 Å². The van der Waals surface area contributed by atoms with Gasteiger partial charge in [-0.3, -0.25) is 4.79 Å². The van der Waals surface area contributed by atoms with Gasteiger partial charge in [-0.15, -0.1) is 0 Å². The second-order valence-corrected chi connectivity index (χ2v) is 4.21. The maximum atomic E-state index is 11.4. The van der Waals surface area contributed by atoms with E-state index in [4.69, 9.17) is 14.2 Å². The largest absolute Gasteiger partial charge is 0.493 e. The number of benzene rings is 1. The van der Waals surface area contributed by atoms with Crippen LogP contribution in [0.15, 0.2) is 12.1 Å². The Bertz CT molecular complexity index is 484. The first-order chi connectivity index (χ1) is 9.08. The van der Waals surface area contributed by atoms with E-state index >= 15 is 0 Å². The number of aliphatic hydroxyl groups is 1. The zero-order chi connectivity index (χ0) is 14.0. The first-order valence-electron chi connectivity index (χ1n) is 5.82. The highest BCUT2D eigenvalue weighted by Gasteiger charge is 2.28. The van der Waals surface area contributed by atoms with Gasteiger partial charge in [0.1, 0.15) is 0 Å². The first kappa shape index (κ1) is 13.5. The van der Waals surface area contributed by atoms with E-state index < -0.39 is 18.0 Å². The molecule has 1 heterocycles.